The molecule has 1 aromatic rings. The first kappa shape index (κ1) is 12.2. The summed E-state index contributed by atoms with van der Waals surface area (Å²) in [5.74, 6) is 1.13. The molecular weight excluding hydrogens is 238 g/mol. The van der Waals surface area contributed by atoms with Crippen molar-refractivity contribution in [3.05, 3.63) is 23.2 Å². The zero-order chi connectivity index (χ0) is 12.4. The van der Waals surface area contributed by atoms with Gasteiger partial charge in [0.2, 0.25) is 0 Å². The minimum absolute atomic E-state index is 0.102. The van der Waals surface area contributed by atoms with Gasteiger partial charge in [0, 0.05) is 37.2 Å². The molecule has 4 heteroatoms. The quantitative estimate of drug-likeness (QED) is 0.812. The Bertz CT molecular complexity index is 433. The van der Waals surface area contributed by atoms with Gasteiger partial charge in [0.1, 0.15) is 11.5 Å². The molecule has 3 nitrogen and oxygen atoms in total. The monoisotopic (exact) mass is 253 g/mol. The van der Waals surface area contributed by atoms with Crippen molar-refractivity contribution in [2.24, 2.45) is 5.92 Å². The molecule has 1 aliphatic rings. The van der Waals surface area contributed by atoms with Gasteiger partial charge in [-0.2, -0.15) is 0 Å². The lowest BCUT2D eigenvalue weighted by Gasteiger charge is -2.32. The number of benzene rings is 1. The Hall–Kier alpha value is -1.22. The van der Waals surface area contributed by atoms with Crippen molar-refractivity contribution in [3.63, 3.8) is 0 Å². The van der Waals surface area contributed by atoms with Gasteiger partial charge in [-0.3, -0.25) is 4.79 Å². The molecule has 0 N–H and O–H groups in total. The molecule has 0 aliphatic carbocycles. The number of nitrogens with zero attached hydrogens (tertiary/aromatic N) is 1. The Morgan fingerprint density at radius 2 is 2.24 bits per heavy atom. The molecule has 0 bridgehead atoms. The Morgan fingerprint density at radius 1 is 1.47 bits per heavy atom. The number of hydrogen-bond acceptors (Lipinski definition) is 3. The minimum Gasteiger partial charge on any atom is -0.495 e. The fourth-order valence-electron chi connectivity index (χ4n) is 2.09. The number of carbonyl (C=O) groups is 1. The topological polar surface area (TPSA) is 29.5 Å². The largest absolute Gasteiger partial charge is 0.495 e. The van der Waals surface area contributed by atoms with E-state index in [1.54, 1.807) is 7.11 Å². The van der Waals surface area contributed by atoms with Gasteiger partial charge in [0.25, 0.3) is 0 Å². The van der Waals surface area contributed by atoms with E-state index in [9.17, 15) is 4.79 Å². The van der Waals surface area contributed by atoms with Gasteiger partial charge in [-0.15, -0.1) is 0 Å². The van der Waals surface area contributed by atoms with E-state index in [-0.39, 0.29) is 5.92 Å². The van der Waals surface area contributed by atoms with E-state index in [0.717, 1.165) is 18.8 Å². The van der Waals surface area contributed by atoms with Crippen molar-refractivity contribution >= 4 is 23.1 Å². The summed E-state index contributed by atoms with van der Waals surface area (Å²) in [6.07, 6.45) is 0.617. The second kappa shape index (κ2) is 4.96. The zero-order valence-electron chi connectivity index (χ0n) is 10.1. The van der Waals surface area contributed by atoms with Crippen molar-refractivity contribution in [3.8, 4) is 5.75 Å². The van der Waals surface area contributed by atoms with E-state index >= 15 is 0 Å². The molecule has 1 saturated heterocycles. The first-order valence-electron chi connectivity index (χ1n) is 5.73. The first-order chi connectivity index (χ1) is 8.11. The maximum absolute atomic E-state index is 11.5. The maximum atomic E-state index is 11.5. The van der Waals surface area contributed by atoms with Gasteiger partial charge in [-0.25, -0.2) is 0 Å². The molecule has 0 saturated carbocycles. The summed E-state index contributed by atoms with van der Waals surface area (Å²) in [4.78, 5) is 13.7. The van der Waals surface area contributed by atoms with Gasteiger partial charge in [-0.05, 0) is 12.1 Å². The van der Waals surface area contributed by atoms with Gasteiger partial charge in [-0.1, -0.05) is 18.5 Å². The van der Waals surface area contributed by atoms with Gasteiger partial charge in [0.05, 0.1) is 12.1 Å². The van der Waals surface area contributed by atoms with E-state index < -0.39 is 0 Å². The third-order valence-corrected chi connectivity index (χ3v) is 3.48. The summed E-state index contributed by atoms with van der Waals surface area (Å²) in [6, 6.07) is 5.72. The lowest BCUT2D eigenvalue weighted by molar-refractivity contribution is -0.122. The van der Waals surface area contributed by atoms with E-state index in [4.69, 9.17) is 16.3 Å². The molecule has 0 aromatic heterocycles. The van der Waals surface area contributed by atoms with Crippen LogP contribution in [0.5, 0.6) is 5.75 Å². The third kappa shape index (κ3) is 2.55. The van der Waals surface area contributed by atoms with Crippen LogP contribution < -0.4 is 9.64 Å². The Morgan fingerprint density at radius 3 is 2.88 bits per heavy atom. The van der Waals surface area contributed by atoms with Gasteiger partial charge < -0.3 is 9.64 Å². The van der Waals surface area contributed by atoms with Crippen LogP contribution in [0.3, 0.4) is 0 Å². The molecule has 1 fully saturated rings. The smallest absolute Gasteiger partial charge is 0.139 e. The van der Waals surface area contributed by atoms with Crippen LogP contribution in [0.25, 0.3) is 0 Å². The predicted octanol–water partition coefficient (Wildman–Crippen LogP) is 2.76. The number of piperidine rings is 1. The summed E-state index contributed by atoms with van der Waals surface area (Å²) >= 11 is 5.99. The molecule has 1 aliphatic heterocycles. The van der Waals surface area contributed by atoms with Crippen LogP contribution in [-0.4, -0.2) is 26.0 Å². The predicted molar refractivity (Wildman–Crippen MR) is 69.0 cm³/mol. The third-order valence-electron chi connectivity index (χ3n) is 3.17. The highest BCUT2D eigenvalue weighted by atomic mass is 35.5. The normalized spacial score (nSPS) is 20.5. The van der Waals surface area contributed by atoms with Crippen molar-refractivity contribution in [2.45, 2.75) is 13.3 Å². The van der Waals surface area contributed by atoms with Crippen molar-refractivity contribution in [1.82, 2.24) is 0 Å². The highest BCUT2D eigenvalue weighted by Crippen LogP contribution is 2.30. The van der Waals surface area contributed by atoms with Crippen molar-refractivity contribution in [1.29, 1.82) is 0 Å². The number of ether oxygens (including phenoxy) is 1. The summed E-state index contributed by atoms with van der Waals surface area (Å²) < 4.78 is 5.20. The minimum atomic E-state index is 0.102. The fourth-order valence-corrected chi connectivity index (χ4v) is 2.29. The number of rotatable bonds is 2. The molecule has 1 aromatic carbocycles. The SMILES string of the molecule is COc1cc(N2CCC(=O)C(C)C2)ccc1Cl. The van der Waals surface area contributed by atoms with Crippen LogP contribution in [0, 0.1) is 5.92 Å². The number of halogens is 1. The van der Waals surface area contributed by atoms with Crippen LogP contribution in [0.4, 0.5) is 5.69 Å². The summed E-state index contributed by atoms with van der Waals surface area (Å²) in [6.45, 7) is 3.51. The maximum Gasteiger partial charge on any atom is 0.139 e. The summed E-state index contributed by atoms with van der Waals surface area (Å²) in [5, 5.41) is 0.609. The zero-order valence-corrected chi connectivity index (χ0v) is 10.8. The molecule has 1 atom stereocenters. The number of hydrogen-bond donors (Lipinski definition) is 0. The molecule has 0 amide bonds. The summed E-state index contributed by atoms with van der Waals surface area (Å²) in [5.41, 5.74) is 1.06. The van der Waals surface area contributed by atoms with E-state index in [0.29, 0.717) is 23.0 Å². The number of ketones is 1. The van der Waals surface area contributed by atoms with Gasteiger partial charge in [0.15, 0.2) is 0 Å². The first-order valence-corrected chi connectivity index (χ1v) is 6.11. The fraction of sp³-hybridized carbons (Fsp3) is 0.462. The average molecular weight is 254 g/mol. The molecule has 17 heavy (non-hydrogen) atoms. The second-order valence-electron chi connectivity index (χ2n) is 4.38. The molecule has 2 rings (SSSR count). The van der Waals surface area contributed by atoms with Crippen molar-refractivity contribution in [2.75, 3.05) is 25.1 Å². The lowest BCUT2D eigenvalue weighted by atomic mass is 9.98. The van der Waals surface area contributed by atoms with Crippen LogP contribution in [0.1, 0.15) is 13.3 Å². The Kier molecular flexibility index (Phi) is 3.57. The standard InChI is InChI=1S/C13H16ClNO2/c1-9-8-15(6-5-12(9)16)10-3-4-11(14)13(7-10)17-2/h3-4,7,9H,5-6,8H2,1-2H3. The Labute approximate surface area is 106 Å². The van der Waals surface area contributed by atoms with Crippen LogP contribution >= 0.6 is 11.6 Å². The van der Waals surface area contributed by atoms with E-state index in [1.165, 1.54) is 0 Å². The molecule has 1 heterocycles. The van der Waals surface area contributed by atoms with Crippen LogP contribution in [-0.2, 0) is 4.79 Å². The average Bonchev–Trinajstić information content (AvgIpc) is 2.33. The second-order valence-corrected chi connectivity index (χ2v) is 4.79. The highest BCUT2D eigenvalue weighted by molar-refractivity contribution is 6.32. The molecule has 0 radical (unpaired) electrons. The van der Waals surface area contributed by atoms with E-state index in [2.05, 4.69) is 4.90 Å². The van der Waals surface area contributed by atoms with Crippen LogP contribution in [0.15, 0.2) is 18.2 Å². The lowest BCUT2D eigenvalue weighted by Crippen LogP contribution is -2.39. The highest BCUT2D eigenvalue weighted by Gasteiger charge is 2.23. The number of Topliss-reactive ketones (excluding diaryl/α,β-unsaturated/α-hetero) is 1. The van der Waals surface area contributed by atoms with E-state index in [1.807, 2.05) is 25.1 Å². The number of methoxy groups -OCH3 is 1. The molecule has 0 spiro atoms. The number of carbonyl (C=O) groups excluding carboxylic acids is 1. The Balaban J connectivity index is 2.20. The molecule has 92 valence electrons. The molecule has 1 unspecified atom stereocenters. The summed E-state index contributed by atoms with van der Waals surface area (Å²) in [7, 11) is 1.60. The van der Waals surface area contributed by atoms with Crippen LogP contribution in [0.2, 0.25) is 5.02 Å². The number of anilines is 1. The molecular formula is C13H16ClNO2. The van der Waals surface area contributed by atoms with Gasteiger partial charge >= 0.3 is 0 Å². The van der Waals surface area contributed by atoms with Crippen molar-refractivity contribution < 1.29 is 9.53 Å².